The van der Waals surface area contributed by atoms with Gasteiger partial charge in [0.1, 0.15) is 0 Å². The summed E-state index contributed by atoms with van der Waals surface area (Å²) in [4.78, 5) is 14.9. The van der Waals surface area contributed by atoms with Crippen LogP contribution in [0.4, 0.5) is 5.69 Å². The molecule has 5 nitrogen and oxygen atoms in total. The molecular formula is C12H19N3O2S. The summed E-state index contributed by atoms with van der Waals surface area (Å²) in [6.45, 7) is 6.23. The second-order valence-electron chi connectivity index (χ2n) is 4.47. The van der Waals surface area contributed by atoms with E-state index in [0.717, 1.165) is 11.4 Å². The smallest absolute Gasteiger partial charge is 0.278 e. The molecule has 1 rings (SSSR count). The monoisotopic (exact) mass is 269 g/mol. The van der Waals surface area contributed by atoms with Gasteiger partial charge in [0, 0.05) is 23.1 Å². The predicted octanol–water partition coefficient (Wildman–Crippen LogP) is 2.43. The highest BCUT2D eigenvalue weighted by molar-refractivity contribution is 7.98. The van der Waals surface area contributed by atoms with E-state index in [1.165, 1.54) is 0 Å². The number of nitrogens with zero attached hydrogens (tertiary/aromatic N) is 2. The fraction of sp³-hybridized carbons (Fsp3) is 0.583. The van der Waals surface area contributed by atoms with Crippen molar-refractivity contribution < 1.29 is 4.92 Å². The van der Waals surface area contributed by atoms with E-state index in [-0.39, 0.29) is 10.6 Å². The third kappa shape index (κ3) is 3.68. The lowest BCUT2D eigenvalue weighted by Crippen LogP contribution is -2.13. The van der Waals surface area contributed by atoms with Crippen molar-refractivity contribution in [3.05, 3.63) is 33.1 Å². The quantitative estimate of drug-likeness (QED) is 0.633. The Balaban J connectivity index is 2.79. The van der Waals surface area contributed by atoms with Gasteiger partial charge < -0.3 is 5.73 Å². The zero-order valence-corrected chi connectivity index (χ0v) is 11.8. The molecule has 1 atom stereocenters. The molecule has 18 heavy (non-hydrogen) atoms. The van der Waals surface area contributed by atoms with Crippen LogP contribution < -0.4 is 5.73 Å². The summed E-state index contributed by atoms with van der Waals surface area (Å²) < 4.78 is 0. The van der Waals surface area contributed by atoms with Crippen LogP contribution in [-0.4, -0.2) is 22.2 Å². The molecule has 0 radical (unpaired) electrons. The van der Waals surface area contributed by atoms with Crippen LogP contribution in [-0.2, 0) is 5.75 Å². The average Bonchev–Trinajstić information content (AvgIpc) is 2.31. The largest absolute Gasteiger partial charge is 0.330 e. The predicted molar refractivity (Wildman–Crippen MR) is 74.7 cm³/mol. The van der Waals surface area contributed by atoms with Gasteiger partial charge in [0.2, 0.25) is 0 Å². The Hall–Kier alpha value is -1.14. The minimum atomic E-state index is -0.330. The number of aromatic nitrogens is 1. The molecule has 0 bridgehead atoms. The Labute approximate surface area is 111 Å². The number of thioether (sulfide) groups is 1. The first-order chi connectivity index (χ1) is 8.47. The lowest BCUT2D eigenvalue weighted by Gasteiger charge is -2.09. The molecule has 2 N–H and O–H groups in total. The molecule has 1 aromatic rings. The Morgan fingerprint density at radius 1 is 1.56 bits per heavy atom. The number of rotatable bonds is 6. The van der Waals surface area contributed by atoms with Gasteiger partial charge in [0.25, 0.3) is 5.69 Å². The molecule has 0 amide bonds. The summed E-state index contributed by atoms with van der Waals surface area (Å²) in [5.41, 5.74) is 7.81. The molecular weight excluding hydrogens is 250 g/mol. The van der Waals surface area contributed by atoms with E-state index in [4.69, 9.17) is 5.73 Å². The number of nitrogens with two attached hydrogens (primary N) is 1. The minimum absolute atomic E-state index is 0.187. The number of hydrogen-bond donors (Lipinski definition) is 1. The number of hydrogen-bond acceptors (Lipinski definition) is 5. The first kappa shape index (κ1) is 14.9. The first-order valence-corrected chi connectivity index (χ1v) is 7.00. The van der Waals surface area contributed by atoms with E-state index in [1.807, 2.05) is 0 Å². The van der Waals surface area contributed by atoms with Crippen LogP contribution in [0.5, 0.6) is 0 Å². The van der Waals surface area contributed by atoms with Gasteiger partial charge in [-0.1, -0.05) is 6.92 Å². The van der Waals surface area contributed by atoms with Crippen LogP contribution >= 0.6 is 11.8 Å². The second kappa shape index (κ2) is 6.70. The van der Waals surface area contributed by atoms with E-state index in [2.05, 4.69) is 11.9 Å². The van der Waals surface area contributed by atoms with Crippen LogP contribution in [0.25, 0.3) is 0 Å². The maximum absolute atomic E-state index is 11.0. The van der Waals surface area contributed by atoms with E-state index < -0.39 is 0 Å². The Kier molecular flexibility index (Phi) is 5.55. The molecule has 0 fully saturated rings. The molecule has 0 aliphatic heterocycles. The van der Waals surface area contributed by atoms with Gasteiger partial charge in [-0.15, -0.1) is 0 Å². The molecule has 0 aliphatic rings. The molecule has 0 spiro atoms. The van der Waals surface area contributed by atoms with Crippen LogP contribution in [0, 0.1) is 29.9 Å². The third-order valence-electron chi connectivity index (χ3n) is 2.80. The van der Waals surface area contributed by atoms with Gasteiger partial charge in [0.05, 0.1) is 10.6 Å². The summed E-state index contributed by atoms with van der Waals surface area (Å²) in [7, 11) is 0. The lowest BCUT2D eigenvalue weighted by atomic mass is 10.1. The van der Waals surface area contributed by atoms with Gasteiger partial charge in [-0.3, -0.25) is 15.1 Å². The molecule has 1 heterocycles. The van der Waals surface area contributed by atoms with E-state index in [1.54, 1.807) is 31.8 Å². The van der Waals surface area contributed by atoms with Crippen molar-refractivity contribution >= 4 is 17.4 Å². The standard InChI is InChI=1S/C12H19N3O2S/c1-8(4-13)6-18-7-11-10(3)12(15(16)17)9(2)5-14-11/h5,8H,4,6-7,13H2,1-3H3. The summed E-state index contributed by atoms with van der Waals surface area (Å²) in [5, 5.41) is 11.0. The highest BCUT2D eigenvalue weighted by Crippen LogP contribution is 2.26. The number of pyridine rings is 1. The van der Waals surface area contributed by atoms with Gasteiger partial charge in [0.15, 0.2) is 0 Å². The number of aryl methyl sites for hydroxylation is 1. The highest BCUT2D eigenvalue weighted by Gasteiger charge is 2.18. The third-order valence-corrected chi connectivity index (χ3v) is 4.08. The van der Waals surface area contributed by atoms with Crippen molar-refractivity contribution in [2.45, 2.75) is 26.5 Å². The molecule has 1 unspecified atom stereocenters. The first-order valence-electron chi connectivity index (χ1n) is 5.84. The Bertz CT molecular complexity index is 438. The molecule has 6 heteroatoms. The Morgan fingerprint density at radius 2 is 2.22 bits per heavy atom. The van der Waals surface area contributed by atoms with Crippen molar-refractivity contribution in [2.75, 3.05) is 12.3 Å². The lowest BCUT2D eigenvalue weighted by molar-refractivity contribution is -0.386. The topological polar surface area (TPSA) is 82.0 Å². The van der Waals surface area contributed by atoms with E-state index in [0.29, 0.717) is 29.3 Å². The van der Waals surface area contributed by atoms with Crippen molar-refractivity contribution in [3.63, 3.8) is 0 Å². The zero-order chi connectivity index (χ0) is 13.7. The van der Waals surface area contributed by atoms with E-state index >= 15 is 0 Å². The average molecular weight is 269 g/mol. The zero-order valence-electron chi connectivity index (χ0n) is 11.0. The molecule has 0 saturated heterocycles. The van der Waals surface area contributed by atoms with Crippen molar-refractivity contribution in [1.82, 2.24) is 4.98 Å². The maximum Gasteiger partial charge on any atom is 0.278 e. The molecule has 0 aliphatic carbocycles. The summed E-state index contributed by atoms with van der Waals surface area (Å²) in [6.07, 6.45) is 1.58. The number of nitro groups is 1. The van der Waals surface area contributed by atoms with Gasteiger partial charge >= 0.3 is 0 Å². The van der Waals surface area contributed by atoms with Crippen LogP contribution in [0.3, 0.4) is 0 Å². The van der Waals surface area contributed by atoms with Crippen LogP contribution in [0.1, 0.15) is 23.7 Å². The van der Waals surface area contributed by atoms with Crippen molar-refractivity contribution in [1.29, 1.82) is 0 Å². The summed E-state index contributed by atoms with van der Waals surface area (Å²) in [5.74, 6) is 2.09. The SMILES string of the molecule is Cc1cnc(CSCC(C)CN)c(C)c1[N+](=O)[O-]. The van der Waals surface area contributed by atoms with E-state index in [9.17, 15) is 10.1 Å². The molecule has 0 saturated carbocycles. The van der Waals surface area contributed by atoms with Crippen LogP contribution in [0.2, 0.25) is 0 Å². The highest BCUT2D eigenvalue weighted by atomic mass is 32.2. The summed E-state index contributed by atoms with van der Waals surface area (Å²) >= 11 is 1.71. The van der Waals surface area contributed by atoms with Gasteiger partial charge in [-0.25, -0.2) is 0 Å². The second-order valence-corrected chi connectivity index (χ2v) is 5.50. The maximum atomic E-state index is 11.0. The van der Waals surface area contributed by atoms with Crippen molar-refractivity contribution in [2.24, 2.45) is 11.7 Å². The molecule has 0 aromatic carbocycles. The fourth-order valence-electron chi connectivity index (χ4n) is 1.62. The molecule has 100 valence electrons. The van der Waals surface area contributed by atoms with Crippen LogP contribution in [0.15, 0.2) is 6.20 Å². The summed E-state index contributed by atoms with van der Waals surface area (Å²) in [6, 6.07) is 0. The Morgan fingerprint density at radius 3 is 2.78 bits per heavy atom. The van der Waals surface area contributed by atoms with Crippen molar-refractivity contribution in [3.8, 4) is 0 Å². The molecule has 1 aromatic heterocycles. The fourth-order valence-corrected chi connectivity index (χ4v) is 2.76. The van der Waals surface area contributed by atoms with Gasteiger partial charge in [-0.2, -0.15) is 11.8 Å². The normalized spacial score (nSPS) is 12.4. The van der Waals surface area contributed by atoms with Gasteiger partial charge in [-0.05, 0) is 32.1 Å². The minimum Gasteiger partial charge on any atom is -0.330 e.